The van der Waals surface area contributed by atoms with Crippen LogP contribution in [0.25, 0.3) is 11.0 Å². The van der Waals surface area contributed by atoms with E-state index in [-0.39, 0.29) is 11.5 Å². The number of para-hydroxylation sites is 1. The first-order valence-corrected chi connectivity index (χ1v) is 7.48. The average Bonchev–Trinajstić information content (AvgIpc) is 3.02. The Hall–Kier alpha value is -2.79. The molecule has 6 heteroatoms. The summed E-state index contributed by atoms with van der Waals surface area (Å²) < 4.78 is 15.5. The van der Waals surface area contributed by atoms with Crippen LogP contribution < -0.4 is 4.74 Å². The number of furan rings is 1. The van der Waals surface area contributed by atoms with E-state index in [1.54, 1.807) is 42.5 Å². The van der Waals surface area contributed by atoms with Gasteiger partial charge in [0.1, 0.15) is 11.3 Å². The third-order valence-electron chi connectivity index (χ3n) is 3.42. The van der Waals surface area contributed by atoms with Gasteiger partial charge in [0, 0.05) is 10.4 Å². The molecule has 3 rings (SSSR count). The molecule has 0 spiro atoms. The van der Waals surface area contributed by atoms with Crippen molar-refractivity contribution in [3.63, 3.8) is 0 Å². The third-order valence-corrected chi connectivity index (χ3v) is 3.66. The Balaban J connectivity index is 1.71. The molecule has 1 heterocycles. The van der Waals surface area contributed by atoms with Crippen LogP contribution in [0.4, 0.5) is 0 Å². The highest BCUT2D eigenvalue weighted by molar-refractivity contribution is 6.31. The van der Waals surface area contributed by atoms with E-state index in [0.717, 1.165) is 0 Å². The summed E-state index contributed by atoms with van der Waals surface area (Å²) in [5, 5.41) is 1.22. The van der Waals surface area contributed by atoms with Gasteiger partial charge in [-0.25, -0.2) is 4.79 Å². The van der Waals surface area contributed by atoms with Crippen LogP contribution in [0.1, 0.15) is 20.9 Å². The Labute approximate surface area is 142 Å². The number of halogens is 1. The number of methoxy groups -OCH3 is 1. The average molecular weight is 345 g/mol. The second-order valence-corrected chi connectivity index (χ2v) is 5.43. The van der Waals surface area contributed by atoms with Crippen LogP contribution in [0.5, 0.6) is 5.75 Å². The summed E-state index contributed by atoms with van der Waals surface area (Å²) in [4.78, 5) is 24.2. The Bertz CT molecular complexity index is 913. The third kappa shape index (κ3) is 3.26. The summed E-state index contributed by atoms with van der Waals surface area (Å²) in [6, 6.07) is 13.3. The minimum absolute atomic E-state index is 0.0140. The van der Waals surface area contributed by atoms with Gasteiger partial charge in [0.05, 0.1) is 12.7 Å². The Morgan fingerprint density at radius 3 is 2.71 bits per heavy atom. The molecule has 24 heavy (non-hydrogen) atoms. The van der Waals surface area contributed by atoms with E-state index in [0.29, 0.717) is 27.3 Å². The number of hydrogen-bond donors (Lipinski definition) is 0. The molecular formula is C18H13ClO5. The van der Waals surface area contributed by atoms with Crippen LogP contribution in [0.3, 0.4) is 0 Å². The van der Waals surface area contributed by atoms with Gasteiger partial charge in [-0.1, -0.05) is 23.7 Å². The fraction of sp³-hybridized carbons (Fsp3) is 0.111. The van der Waals surface area contributed by atoms with Gasteiger partial charge in [-0.2, -0.15) is 0 Å². The maximum absolute atomic E-state index is 12.2. The van der Waals surface area contributed by atoms with Gasteiger partial charge < -0.3 is 13.9 Å². The van der Waals surface area contributed by atoms with Gasteiger partial charge in [0.15, 0.2) is 6.61 Å². The van der Waals surface area contributed by atoms with Crippen molar-refractivity contribution in [1.29, 1.82) is 0 Å². The van der Waals surface area contributed by atoms with E-state index >= 15 is 0 Å². The lowest BCUT2D eigenvalue weighted by atomic mass is 10.1. The van der Waals surface area contributed by atoms with Crippen LogP contribution in [0.15, 0.2) is 52.9 Å². The molecule has 0 amide bonds. The quantitative estimate of drug-likeness (QED) is 0.514. The second-order valence-electron chi connectivity index (χ2n) is 4.99. The normalized spacial score (nSPS) is 10.6. The highest BCUT2D eigenvalue weighted by Crippen LogP contribution is 2.24. The van der Waals surface area contributed by atoms with Crippen LogP contribution >= 0.6 is 11.6 Å². The summed E-state index contributed by atoms with van der Waals surface area (Å²) in [6.07, 6.45) is 0. The Morgan fingerprint density at radius 1 is 1.12 bits per heavy atom. The maximum Gasteiger partial charge on any atom is 0.374 e. The van der Waals surface area contributed by atoms with E-state index in [1.165, 1.54) is 13.2 Å². The molecule has 0 radical (unpaired) electrons. The van der Waals surface area contributed by atoms with Gasteiger partial charge in [0.25, 0.3) is 0 Å². The number of esters is 1. The number of carbonyl (C=O) groups excluding carboxylic acids is 2. The molecule has 1 aromatic heterocycles. The number of hydrogen-bond acceptors (Lipinski definition) is 5. The number of benzene rings is 2. The van der Waals surface area contributed by atoms with Crippen molar-refractivity contribution in [2.24, 2.45) is 0 Å². The molecular weight excluding hydrogens is 332 g/mol. The first-order chi connectivity index (χ1) is 11.6. The van der Waals surface area contributed by atoms with Crippen LogP contribution in [0, 0.1) is 0 Å². The number of ketones is 1. The monoisotopic (exact) mass is 344 g/mol. The molecule has 122 valence electrons. The molecule has 0 fully saturated rings. The predicted octanol–water partition coefficient (Wildman–Crippen LogP) is 4.13. The largest absolute Gasteiger partial charge is 0.496 e. The lowest BCUT2D eigenvalue weighted by Gasteiger charge is -2.07. The lowest BCUT2D eigenvalue weighted by Crippen LogP contribution is -2.14. The molecule has 0 saturated carbocycles. The molecule has 2 aromatic carbocycles. The van der Waals surface area contributed by atoms with Crippen LogP contribution in [-0.2, 0) is 4.74 Å². The van der Waals surface area contributed by atoms with E-state index in [1.807, 2.05) is 0 Å². The molecule has 0 saturated heterocycles. The van der Waals surface area contributed by atoms with Crippen molar-refractivity contribution in [1.82, 2.24) is 0 Å². The van der Waals surface area contributed by atoms with E-state index in [9.17, 15) is 9.59 Å². The van der Waals surface area contributed by atoms with Gasteiger partial charge in [0.2, 0.25) is 11.5 Å². The molecule has 0 bridgehead atoms. The van der Waals surface area contributed by atoms with Crippen molar-refractivity contribution in [3.05, 3.63) is 64.9 Å². The van der Waals surface area contributed by atoms with Gasteiger partial charge in [-0.15, -0.1) is 0 Å². The molecule has 0 aliphatic rings. The summed E-state index contributed by atoms with van der Waals surface area (Å²) in [5.74, 6) is -0.637. The SMILES string of the molecule is COc1ccccc1C(=O)COC(=O)c1cc2cc(Cl)ccc2o1. The molecule has 0 aliphatic heterocycles. The van der Waals surface area contributed by atoms with E-state index < -0.39 is 12.6 Å². The summed E-state index contributed by atoms with van der Waals surface area (Å²) in [7, 11) is 1.47. The van der Waals surface area contributed by atoms with Crippen molar-refractivity contribution in [2.75, 3.05) is 13.7 Å². The number of carbonyl (C=O) groups is 2. The Morgan fingerprint density at radius 2 is 1.92 bits per heavy atom. The van der Waals surface area contributed by atoms with Gasteiger partial charge in [-0.05, 0) is 36.4 Å². The predicted molar refractivity (Wildman–Crippen MR) is 88.8 cm³/mol. The highest BCUT2D eigenvalue weighted by Gasteiger charge is 2.18. The molecule has 0 N–H and O–H groups in total. The summed E-state index contributed by atoms with van der Waals surface area (Å²) in [5.41, 5.74) is 0.867. The zero-order chi connectivity index (χ0) is 17.1. The maximum atomic E-state index is 12.2. The fourth-order valence-electron chi connectivity index (χ4n) is 2.27. The molecule has 0 aliphatic carbocycles. The van der Waals surface area contributed by atoms with Crippen LogP contribution in [0.2, 0.25) is 5.02 Å². The number of ether oxygens (including phenoxy) is 2. The molecule has 0 unspecified atom stereocenters. The number of rotatable bonds is 5. The minimum atomic E-state index is -0.717. The summed E-state index contributed by atoms with van der Waals surface area (Å²) in [6.45, 7) is -0.406. The van der Waals surface area contributed by atoms with Gasteiger partial charge in [-0.3, -0.25) is 4.79 Å². The number of Topliss-reactive ketones (excluding diaryl/α,β-unsaturated/α-hetero) is 1. The number of fused-ring (bicyclic) bond motifs is 1. The first kappa shape index (κ1) is 16.1. The van der Waals surface area contributed by atoms with E-state index in [2.05, 4.69) is 0 Å². The van der Waals surface area contributed by atoms with Crippen molar-refractivity contribution in [2.45, 2.75) is 0 Å². The van der Waals surface area contributed by atoms with Crippen molar-refractivity contribution in [3.8, 4) is 5.75 Å². The summed E-state index contributed by atoms with van der Waals surface area (Å²) >= 11 is 5.89. The zero-order valence-corrected chi connectivity index (χ0v) is 13.5. The van der Waals surface area contributed by atoms with Gasteiger partial charge >= 0.3 is 5.97 Å². The van der Waals surface area contributed by atoms with E-state index in [4.69, 9.17) is 25.5 Å². The highest BCUT2D eigenvalue weighted by atomic mass is 35.5. The molecule has 0 atom stereocenters. The lowest BCUT2D eigenvalue weighted by molar-refractivity contribution is 0.0445. The first-order valence-electron chi connectivity index (χ1n) is 7.11. The molecule has 3 aromatic rings. The Kier molecular flexibility index (Phi) is 4.53. The zero-order valence-electron chi connectivity index (χ0n) is 12.7. The van der Waals surface area contributed by atoms with Crippen molar-refractivity contribution >= 4 is 34.3 Å². The topological polar surface area (TPSA) is 65.7 Å². The smallest absolute Gasteiger partial charge is 0.374 e. The minimum Gasteiger partial charge on any atom is -0.496 e. The standard InChI is InChI=1S/C18H13ClO5/c1-22-16-5-3-2-4-13(16)14(20)10-23-18(21)17-9-11-8-12(19)6-7-15(11)24-17/h2-9H,10H2,1H3. The fourth-order valence-corrected chi connectivity index (χ4v) is 2.45. The van der Waals surface area contributed by atoms with Crippen LogP contribution in [-0.4, -0.2) is 25.5 Å². The molecule has 5 nitrogen and oxygen atoms in total. The van der Waals surface area contributed by atoms with Crippen molar-refractivity contribution < 1.29 is 23.5 Å². The second kappa shape index (κ2) is 6.76.